The number of hydrogen-bond donors (Lipinski definition) is 0. The van der Waals surface area contributed by atoms with Crippen LogP contribution in [0.25, 0.3) is 10.9 Å². The van der Waals surface area contributed by atoms with E-state index in [1.807, 2.05) is 0 Å². The minimum absolute atomic E-state index is 0. The van der Waals surface area contributed by atoms with E-state index in [0.29, 0.717) is 0 Å². The zero-order valence-corrected chi connectivity index (χ0v) is 10.0. The molecule has 70 valence electrons. The fourth-order valence-electron chi connectivity index (χ4n) is 1.29. The Morgan fingerprint density at radius 3 is 2.67 bits per heavy atom. The number of hydrogen-bond acceptors (Lipinski definition) is 4. The normalized spacial score (nSPS) is 9.60. The number of pyridine rings is 1. The van der Waals surface area contributed by atoms with Gasteiger partial charge < -0.3 is 5.11 Å². The zero-order valence-electron chi connectivity index (χ0n) is 8.01. The summed E-state index contributed by atoms with van der Waals surface area (Å²) < 4.78 is 0. The molecule has 0 saturated heterocycles. The van der Waals surface area contributed by atoms with E-state index in [1.165, 1.54) is 18.3 Å². The van der Waals surface area contributed by atoms with Crippen LogP contribution in [0.15, 0.2) is 30.5 Å². The summed E-state index contributed by atoms with van der Waals surface area (Å²) >= 11 is 0. The number of nitrogens with zero attached hydrogens (tertiary/aromatic N) is 2. The van der Waals surface area contributed by atoms with E-state index in [1.54, 1.807) is 6.07 Å². The van der Waals surface area contributed by atoms with Crippen LogP contribution in [0.5, 0.6) is 5.75 Å². The first kappa shape index (κ1) is 11.9. The van der Waals surface area contributed by atoms with E-state index in [0.717, 1.165) is 6.07 Å². The van der Waals surface area contributed by atoms with Crippen LogP contribution in [0.1, 0.15) is 0 Å². The fourth-order valence-corrected chi connectivity index (χ4v) is 1.29. The number of non-ortho nitro benzene ring substituents is 1. The van der Waals surface area contributed by atoms with Gasteiger partial charge in [-0.2, -0.15) is 0 Å². The summed E-state index contributed by atoms with van der Waals surface area (Å²) in [7, 11) is 0. The average molecular weight is 212 g/mol. The van der Waals surface area contributed by atoms with Crippen molar-refractivity contribution in [2.75, 3.05) is 0 Å². The van der Waals surface area contributed by atoms with Crippen molar-refractivity contribution in [1.82, 2.24) is 4.98 Å². The number of rotatable bonds is 1. The predicted molar refractivity (Wildman–Crippen MR) is 47.8 cm³/mol. The van der Waals surface area contributed by atoms with Gasteiger partial charge in [-0.25, -0.2) is 0 Å². The molecular weight excluding hydrogens is 207 g/mol. The van der Waals surface area contributed by atoms with E-state index in [4.69, 9.17) is 0 Å². The first-order chi connectivity index (χ1) is 6.70. The number of fused-ring (bicyclic) bond motifs is 1. The summed E-state index contributed by atoms with van der Waals surface area (Å²) in [6.45, 7) is 0. The molecule has 0 aliphatic heterocycles. The van der Waals surface area contributed by atoms with Crippen molar-refractivity contribution in [3.63, 3.8) is 0 Å². The van der Waals surface area contributed by atoms with Gasteiger partial charge in [0.1, 0.15) is 0 Å². The molecule has 1 aromatic heterocycles. The van der Waals surface area contributed by atoms with Crippen molar-refractivity contribution in [2.24, 2.45) is 0 Å². The number of nitro benzene ring substituents is 1. The van der Waals surface area contributed by atoms with Gasteiger partial charge >= 0.3 is 29.6 Å². The maximum absolute atomic E-state index is 11.3. The fraction of sp³-hybridized carbons (Fsp3) is 0. The molecule has 2 aromatic rings. The van der Waals surface area contributed by atoms with Gasteiger partial charge in [0.15, 0.2) is 0 Å². The third-order valence-electron chi connectivity index (χ3n) is 1.91. The Labute approximate surface area is 107 Å². The third-order valence-corrected chi connectivity index (χ3v) is 1.91. The van der Waals surface area contributed by atoms with Gasteiger partial charge in [-0.1, -0.05) is 11.8 Å². The van der Waals surface area contributed by atoms with Crippen LogP contribution >= 0.6 is 0 Å². The Kier molecular flexibility index (Phi) is 3.62. The van der Waals surface area contributed by atoms with Crippen LogP contribution in [0.4, 0.5) is 5.69 Å². The first-order valence-corrected chi connectivity index (χ1v) is 3.89. The molecule has 0 atom stereocenters. The SMILES string of the molecule is O=[N+]([O-])c1ccc([O-])c2ncccc12.[Na+]. The summed E-state index contributed by atoms with van der Waals surface area (Å²) in [5.74, 6) is -0.300. The summed E-state index contributed by atoms with van der Waals surface area (Å²) in [5.41, 5.74) is 0.0504. The molecule has 0 N–H and O–H groups in total. The molecule has 0 fully saturated rings. The van der Waals surface area contributed by atoms with E-state index < -0.39 is 4.92 Å². The van der Waals surface area contributed by atoms with Crippen LogP contribution in [0.2, 0.25) is 0 Å². The second-order valence-corrected chi connectivity index (χ2v) is 2.74. The maximum atomic E-state index is 11.3. The van der Waals surface area contributed by atoms with Gasteiger partial charge in [0.25, 0.3) is 5.69 Å². The maximum Gasteiger partial charge on any atom is 1.00 e. The molecule has 0 spiro atoms. The number of nitro groups is 1. The Morgan fingerprint density at radius 2 is 2.00 bits per heavy atom. The van der Waals surface area contributed by atoms with Gasteiger partial charge in [0, 0.05) is 12.3 Å². The van der Waals surface area contributed by atoms with Crippen LogP contribution in [0, 0.1) is 10.1 Å². The van der Waals surface area contributed by atoms with Crippen molar-refractivity contribution in [1.29, 1.82) is 0 Å². The van der Waals surface area contributed by atoms with Crippen molar-refractivity contribution < 1.29 is 39.6 Å². The quantitative estimate of drug-likeness (QED) is 0.318. The van der Waals surface area contributed by atoms with Crippen molar-refractivity contribution in [3.8, 4) is 5.75 Å². The van der Waals surface area contributed by atoms with Crippen LogP contribution in [0.3, 0.4) is 0 Å². The molecule has 2 rings (SSSR count). The topological polar surface area (TPSA) is 79.1 Å². The average Bonchev–Trinajstić information content (AvgIpc) is 2.18. The third kappa shape index (κ3) is 2.09. The van der Waals surface area contributed by atoms with Gasteiger partial charge in [-0.3, -0.25) is 15.1 Å². The van der Waals surface area contributed by atoms with Gasteiger partial charge in [-0.15, -0.1) is 0 Å². The Bertz CT molecular complexity index is 516. The van der Waals surface area contributed by atoms with Gasteiger partial charge in [0.2, 0.25) is 0 Å². The van der Waals surface area contributed by atoms with Gasteiger partial charge in [-0.05, 0) is 12.1 Å². The molecule has 0 amide bonds. The monoisotopic (exact) mass is 212 g/mol. The molecule has 0 unspecified atom stereocenters. The molecule has 0 aliphatic carbocycles. The van der Waals surface area contributed by atoms with Gasteiger partial charge in [0.05, 0.1) is 15.8 Å². The Balaban J connectivity index is 0.00000112. The molecule has 6 heteroatoms. The minimum Gasteiger partial charge on any atom is -0.871 e. The molecule has 0 aliphatic rings. The smallest absolute Gasteiger partial charge is 0.871 e. The van der Waals surface area contributed by atoms with E-state index in [2.05, 4.69) is 4.98 Å². The summed E-state index contributed by atoms with van der Waals surface area (Å²) in [6, 6.07) is 5.44. The van der Waals surface area contributed by atoms with Crippen LogP contribution in [-0.4, -0.2) is 9.91 Å². The largest absolute Gasteiger partial charge is 1.00 e. The summed E-state index contributed by atoms with van der Waals surface area (Å²) in [5, 5.41) is 22.2. The standard InChI is InChI=1S/C9H6N2O3.Na/c12-8-4-3-7(11(13)14)6-2-1-5-10-9(6)8;/h1-5,12H;/q;+1/p-1. The zero-order chi connectivity index (χ0) is 10.1. The predicted octanol–water partition coefficient (Wildman–Crippen LogP) is -1.78. The molecular formula is C9H5N2NaO3. The van der Waals surface area contributed by atoms with Crippen LogP contribution < -0.4 is 34.7 Å². The number of benzene rings is 1. The molecule has 0 bridgehead atoms. The van der Waals surface area contributed by atoms with E-state index in [-0.39, 0.29) is 51.9 Å². The molecule has 15 heavy (non-hydrogen) atoms. The first-order valence-electron chi connectivity index (χ1n) is 3.89. The Hall–Kier alpha value is -1.17. The van der Waals surface area contributed by atoms with Crippen molar-refractivity contribution in [2.45, 2.75) is 0 Å². The molecule has 0 radical (unpaired) electrons. The minimum atomic E-state index is -0.524. The molecule has 1 heterocycles. The molecule has 5 nitrogen and oxygen atoms in total. The Morgan fingerprint density at radius 1 is 1.27 bits per heavy atom. The van der Waals surface area contributed by atoms with E-state index in [9.17, 15) is 15.2 Å². The van der Waals surface area contributed by atoms with Crippen molar-refractivity contribution >= 4 is 16.6 Å². The van der Waals surface area contributed by atoms with Crippen molar-refractivity contribution in [3.05, 3.63) is 40.6 Å². The van der Waals surface area contributed by atoms with Crippen LogP contribution in [-0.2, 0) is 0 Å². The second-order valence-electron chi connectivity index (χ2n) is 2.74. The molecule has 1 aromatic carbocycles. The summed E-state index contributed by atoms with van der Waals surface area (Å²) in [6.07, 6.45) is 1.44. The second kappa shape index (κ2) is 4.57. The number of aromatic nitrogens is 1. The summed E-state index contributed by atoms with van der Waals surface area (Å²) in [4.78, 5) is 13.9. The molecule has 0 saturated carbocycles. The van der Waals surface area contributed by atoms with E-state index >= 15 is 0 Å².